The molecule has 2 nitrogen and oxygen atoms in total. The van der Waals surface area contributed by atoms with Gasteiger partial charge in [0.1, 0.15) is 0 Å². The van der Waals surface area contributed by atoms with Crippen molar-refractivity contribution in [2.45, 2.75) is 0 Å². The number of rotatable bonds is 1. The van der Waals surface area contributed by atoms with Crippen LogP contribution in [0.15, 0.2) is 27.8 Å². The first-order valence-electron chi connectivity index (χ1n) is 2.92. The van der Waals surface area contributed by atoms with E-state index in [1.54, 1.807) is 6.07 Å². The number of nitrogens with zero attached hydrogens (tertiary/aromatic N) is 1. The molecule has 2 N–H and O–H groups in total. The molecule has 1 rings (SSSR count). The van der Waals surface area contributed by atoms with Crippen LogP contribution in [0.4, 0.5) is 0 Å². The minimum atomic E-state index is 0.633. The largest absolute Gasteiger partial charge is 0.323 e. The van der Waals surface area contributed by atoms with Gasteiger partial charge in [0.25, 0.3) is 0 Å². The molecule has 0 amide bonds. The van der Waals surface area contributed by atoms with E-state index in [2.05, 4.69) is 21.0 Å². The van der Waals surface area contributed by atoms with Gasteiger partial charge < -0.3 is 5.84 Å². The van der Waals surface area contributed by atoms with E-state index in [4.69, 9.17) is 17.4 Å². The molecule has 11 heavy (non-hydrogen) atoms. The van der Waals surface area contributed by atoms with E-state index in [-0.39, 0.29) is 0 Å². The highest BCUT2D eigenvalue weighted by Crippen LogP contribution is 2.19. The Morgan fingerprint density at radius 1 is 1.55 bits per heavy atom. The van der Waals surface area contributed by atoms with Gasteiger partial charge in [0.05, 0.1) is 11.2 Å². The molecule has 0 spiro atoms. The van der Waals surface area contributed by atoms with Crippen molar-refractivity contribution in [3.05, 3.63) is 33.3 Å². The van der Waals surface area contributed by atoms with Gasteiger partial charge in [0, 0.05) is 10.0 Å². The Hall–Kier alpha value is -0.540. The van der Waals surface area contributed by atoms with Gasteiger partial charge in [0.15, 0.2) is 0 Å². The van der Waals surface area contributed by atoms with Gasteiger partial charge >= 0.3 is 0 Å². The molecule has 58 valence electrons. The summed E-state index contributed by atoms with van der Waals surface area (Å²) in [6, 6.07) is 5.50. The van der Waals surface area contributed by atoms with Crippen LogP contribution in [0.1, 0.15) is 5.56 Å². The molecule has 4 heteroatoms. The van der Waals surface area contributed by atoms with Crippen LogP contribution in [-0.4, -0.2) is 6.21 Å². The molecule has 1 aromatic carbocycles. The summed E-state index contributed by atoms with van der Waals surface area (Å²) in [5.41, 5.74) is 0.817. The van der Waals surface area contributed by atoms with Gasteiger partial charge in [0.2, 0.25) is 0 Å². The average molecular weight is 233 g/mol. The highest BCUT2D eigenvalue weighted by atomic mass is 79.9. The van der Waals surface area contributed by atoms with Crippen molar-refractivity contribution in [3.63, 3.8) is 0 Å². The minimum absolute atomic E-state index is 0.633. The first kappa shape index (κ1) is 8.56. The minimum Gasteiger partial charge on any atom is -0.323 e. The maximum atomic E-state index is 5.83. The normalized spacial score (nSPS) is 10.7. The zero-order chi connectivity index (χ0) is 8.27. The summed E-state index contributed by atoms with van der Waals surface area (Å²) < 4.78 is 0.941. The molecule has 0 saturated carbocycles. The van der Waals surface area contributed by atoms with Crippen molar-refractivity contribution >= 4 is 33.7 Å². The topological polar surface area (TPSA) is 38.4 Å². The first-order valence-corrected chi connectivity index (χ1v) is 4.09. The fourth-order valence-electron chi connectivity index (χ4n) is 0.687. The van der Waals surface area contributed by atoms with Crippen LogP contribution in [0.3, 0.4) is 0 Å². The average Bonchev–Trinajstić information content (AvgIpc) is 1.95. The molecule has 0 aromatic heterocycles. The molecule has 0 saturated heterocycles. The second-order valence-corrected chi connectivity index (χ2v) is 3.27. The molecule has 0 aliphatic heterocycles. The van der Waals surface area contributed by atoms with Crippen LogP contribution in [0.2, 0.25) is 5.02 Å². The van der Waals surface area contributed by atoms with Gasteiger partial charge in [-0.05, 0) is 12.1 Å². The van der Waals surface area contributed by atoms with Crippen molar-refractivity contribution in [2.24, 2.45) is 10.9 Å². The predicted molar refractivity (Wildman–Crippen MR) is 50.9 cm³/mol. The quantitative estimate of drug-likeness (QED) is 0.451. The summed E-state index contributed by atoms with van der Waals surface area (Å²) in [4.78, 5) is 0. The molecular formula is C7H6BrClN2. The summed E-state index contributed by atoms with van der Waals surface area (Å²) in [5, 5.41) is 4.00. The SMILES string of the molecule is N/N=C/c1ccc(Br)cc1Cl. The van der Waals surface area contributed by atoms with Gasteiger partial charge in [-0.15, -0.1) is 0 Å². The Labute approximate surface area is 78.2 Å². The molecule has 0 heterocycles. The van der Waals surface area contributed by atoms with Gasteiger partial charge in [-0.25, -0.2) is 0 Å². The van der Waals surface area contributed by atoms with Crippen LogP contribution >= 0.6 is 27.5 Å². The first-order chi connectivity index (χ1) is 5.24. The third kappa shape index (κ3) is 2.20. The van der Waals surface area contributed by atoms with Gasteiger partial charge in [-0.2, -0.15) is 5.10 Å². The summed E-state index contributed by atoms with van der Waals surface area (Å²) in [5.74, 6) is 4.97. The van der Waals surface area contributed by atoms with Crippen LogP contribution in [0.25, 0.3) is 0 Å². The Balaban J connectivity index is 3.09. The van der Waals surface area contributed by atoms with E-state index in [1.807, 2.05) is 12.1 Å². The van der Waals surface area contributed by atoms with Gasteiger partial charge in [-0.3, -0.25) is 0 Å². The van der Waals surface area contributed by atoms with E-state index in [0.29, 0.717) is 5.02 Å². The maximum absolute atomic E-state index is 5.83. The van der Waals surface area contributed by atoms with Crippen molar-refractivity contribution in [1.29, 1.82) is 0 Å². The van der Waals surface area contributed by atoms with Crippen molar-refractivity contribution in [3.8, 4) is 0 Å². The maximum Gasteiger partial charge on any atom is 0.0553 e. The third-order valence-electron chi connectivity index (χ3n) is 1.18. The number of benzene rings is 1. The van der Waals surface area contributed by atoms with E-state index >= 15 is 0 Å². The number of hydrogen-bond donors (Lipinski definition) is 1. The number of hydrogen-bond acceptors (Lipinski definition) is 2. The molecule has 0 radical (unpaired) electrons. The predicted octanol–water partition coefficient (Wildman–Crippen LogP) is 2.40. The fraction of sp³-hybridized carbons (Fsp3) is 0. The molecule has 0 bridgehead atoms. The molecule has 0 aliphatic carbocycles. The van der Waals surface area contributed by atoms with Crippen molar-refractivity contribution in [1.82, 2.24) is 0 Å². The lowest BCUT2D eigenvalue weighted by Gasteiger charge is -1.96. The summed E-state index contributed by atoms with van der Waals surface area (Å²) in [6.07, 6.45) is 1.51. The highest BCUT2D eigenvalue weighted by Gasteiger charge is 1.96. The number of halogens is 2. The van der Waals surface area contributed by atoms with Crippen LogP contribution < -0.4 is 5.84 Å². The summed E-state index contributed by atoms with van der Waals surface area (Å²) >= 11 is 9.12. The monoisotopic (exact) mass is 232 g/mol. The standard InChI is InChI=1S/C7H6BrClN2/c8-6-2-1-5(4-11-10)7(9)3-6/h1-4H,10H2/b11-4+. The van der Waals surface area contributed by atoms with E-state index in [1.165, 1.54) is 6.21 Å². The Morgan fingerprint density at radius 2 is 2.27 bits per heavy atom. The lowest BCUT2D eigenvalue weighted by molar-refractivity contribution is 1.26. The molecule has 0 atom stereocenters. The van der Waals surface area contributed by atoms with Crippen molar-refractivity contribution < 1.29 is 0 Å². The molecule has 0 unspecified atom stereocenters. The zero-order valence-electron chi connectivity index (χ0n) is 5.59. The zero-order valence-corrected chi connectivity index (χ0v) is 7.93. The van der Waals surface area contributed by atoms with Crippen LogP contribution in [0, 0.1) is 0 Å². The Bertz CT molecular complexity index is 286. The molecule has 0 aliphatic rings. The van der Waals surface area contributed by atoms with Crippen LogP contribution in [0.5, 0.6) is 0 Å². The van der Waals surface area contributed by atoms with E-state index in [9.17, 15) is 0 Å². The molecule has 0 fully saturated rings. The van der Waals surface area contributed by atoms with Gasteiger partial charge in [-0.1, -0.05) is 33.6 Å². The van der Waals surface area contributed by atoms with Crippen molar-refractivity contribution in [2.75, 3.05) is 0 Å². The second-order valence-electron chi connectivity index (χ2n) is 1.94. The number of hydrazone groups is 1. The summed E-state index contributed by atoms with van der Waals surface area (Å²) in [7, 11) is 0. The lowest BCUT2D eigenvalue weighted by Crippen LogP contribution is -1.86. The molecule has 1 aromatic rings. The third-order valence-corrected chi connectivity index (χ3v) is 2.00. The van der Waals surface area contributed by atoms with E-state index in [0.717, 1.165) is 10.0 Å². The van der Waals surface area contributed by atoms with E-state index < -0.39 is 0 Å². The smallest absolute Gasteiger partial charge is 0.0553 e. The Morgan fingerprint density at radius 3 is 2.82 bits per heavy atom. The molecular weight excluding hydrogens is 227 g/mol. The second kappa shape index (κ2) is 3.74. The Kier molecular flexibility index (Phi) is 2.91. The van der Waals surface area contributed by atoms with Crippen LogP contribution in [-0.2, 0) is 0 Å². The lowest BCUT2D eigenvalue weighted by atomic mass is 10.2. The fourth-order valence-corrected chi connectivity index (χ4v) is 1.41. The number of nitrogens with two attached hydrogens (primary N) is 1. The summed E-state index contributed by atoms with van der Waals surface area (Å²) in [6.45, 7) is 0. The highest BCUT2D eigenvalue weighted by molar-refractivity contribution is 9.10.